The largest absolute Gasteiger partial charge is 0.491 e. The molecule has 2 amide bonds. The van der Waals surface area contributed by atoms with Crippen molar-refractivity contribution in [3.05, 3.63) is 65.2 Å². The summed E-state index contributed by atoms with van der Waals surface area (Å²) in [5.41, 5.74) is 0.939. The number of carbonyl (C=O) groups is 3. The highest BCUT2D eigenvalue weighted by atomic mass is 16.5. The summed E-state index contributed by atoms with van der Waals surface area (Å²) < 4.78 is 16.3. The number of esters is 1. The molecule has 1 atom stereocenters. The second-order valence-corrected chi connectivity index (χ2v) is 6.62. The average Bonchev–Trinajstić information content (AvgIpc) is 3.33. The number of rotatable bonds is 6. The van der Waals surface area contributed by atoms with E-state index in [9.17, 15) is 14.4 Å². The van der Waals surface area contributed by atoms with Gasteiger partial charge in [-0.1, -0.05) is 12.1 Å². The highest BCUT2D eigenvalue weighted by molar-refractivity contribution is 6.21. The lowest BCUT2D eigenvalue weighted by Gasteiger charge is -2.14. The lowest BCUT2D eigenvalue weighted by molar-refractivity contribution is 0.0228. The van der Waals surface area contributed by atoms with Crippen LogP contribution in [-0.2, 0) is 9.47 Å². The van der Waals surface area contributed by atoms with Crippen LogP contribution in [-0.4, -0.2) is 48.7 Å². The number of amides is 2. The molecule has 1 saturated heterocycles. The van der Waals surface area contributed by atoms with Gasteiger partial charge in [-0.05, 0) is 49.2 Å². The zero-order chi connectivity index (χ0) is 19.5. The lowest BCUT2D eigenvalue weighted by Crippen LogP contribution is -2.33. The van der Waals surface area contributed by atoms with Gasteiger partial charge in [0.15, 0.2) is 6.73 Å². The first-order valence-corrected chi connectivity index (χ1v) is 9.10. The Labute approximate surface area is 161 Å². The number of carbonyl (C=O) groups excluding carboxylic acids is 3. The highest BCUT2D eigenvalue weighted by Gasteiger charge is 2.35. The van der Waals surface area contributed by atoms with Gasteiger partial charge in [0, 0.05) is 6.61 Å². The maximum atomic E-state index is 12.3. The Kier molecular flexibility index (Phi) is 5.08. The van der Waals surface area contributed by atoms with Crippen LogP contribution in [0, 0.1) is 0 Å². The fraction of sp³-hybridized carbons (Fsp3) is 0.286. The summed E-state index contributed by atoms with van der Waals surface area (Å²) in [6, 6.07) is 13.0. The van der Waals surface area contributed by atoms with E-state index in [0.717, 1.165) is 24.3 Å². The molecule has 2 aliphatic rings. The number of imide groups is 1. The second-order valence-electron chi connectivity index (χ2n) is 6.62. The van der Waals surface area contributed by atoms with Gasteiger partial charge >= 0.3 is 5.97 Å². The molecule has 0 N–H and O–H groups in total. The van der Waals surface area contributed by atoms with E-state index in [2.05, 4.69) is 0 Å². The van der Waals surface area contributed by atoms with Gasteiger partial charge in [-0.2, -0.15) is 0 Å². The predicted octanol–water partition coefficient (Wildman–Crippen LogP) is 2.65. The molecule has 2 aliphatic heterocycles. The second kappa shape index (κ2) is 7.82. The zero-order valence-corrected chi connectivity index (χ0v) is 15.1. The smallest absolute Gasteiger partial charge is 0.339 e. The van der Waals surface area contributed by atoms with Crippen molar-refractivity contribution in [1.29, 1.82) is 0 Å². The Morgan fingerprint density at radius 2 is 1.71 bits per heavy atom. The van der Waals surface area contributed by atoms with Crippen LogP contribution in [0.2, 0.25) is 0 Å². The third-order valence-electron chi connectivity index (χ3n) is 4.75. The van der Waals surface area contributed by atoms with Gasteiger partial charge in [0.05, 0.1) is 22.8 Å². The Morgan fingerprint density at radius 3 is 2.32 bits per heavy atom. The van der Waals surface area contributed by atoms with E-state index in [1.807, 2.05) is 0 Å². The van der Waals surface area contributed by atoms with E-state index >= 15 is 0 Å². The van der Waals surface area contributed by atoms with Gasteiger partial charge < -0.3 is 14.2 Å². The molecule has 0 bridgehead atoms. The predicted molar refractivity (Wildman–Crippen MR) is 98.1 cm³/mol. The van der Waals surface area contributed by atoms with Gasteiger partial charge in [-0.25, -0.2) is 9.69 Å². The Bertz CT molecular complexity index is 866. The quantitative estimate of drug-likeness (QED) is 0.565. The molecule has 0 radical (unpaired) electrons. The Hall–Kier alpha value is -3.19. The maximum absolute atomic E-state index is 12.3. The van der Waals surface area contributed by atoms with E-state index in [1.54, 1.807) is 48.5 Å². The summed E-state index contributed by atoms with van der Waals surface area (Å²) in [7, 11) is 0. The van der Waals surface area contributed by atoms with Crippen LogP contribution < -0.4 is 4.74 Å². The summed E-state index contributed by atoms with van der Waals surface area (Å²) in [6.07, 6.45) is 2.15. The summed E-state index contributed by atoms with van der Waals surface area (Å²) in [5, 5.41) is 0. The van der Waals surface area contributed by atoms with Crippen LogP contribution in [0.3, 0.4) is 0 Å². The maximum Gasteiger partial charge on any atom is 0.339 e. The summed E-state index contributed by atoms with van der Waals surface area (Å²) >= 11 is 0. The minimum atomic E-state index is -0.623. The van der Waals surface area contributed by atoms with Crippen molar-refractivity contribution < 1.29 is 28.6 Å². The van der Waals surface area contributed by atoms with Gasteiger partial charge in [0.25, 0.3) is 11.8 Å². The number of benzene rings is 2. The van der Waals surface area contributed by atoms with Crippen LogP contribution in [0.15, 0.2) is 48.5 Å². The molecule has 7 heteroatoms. The first kappa shape index (κ1) is 18.2. The molecule has 0 aliphatic carbocycles. The molecule has 4 rings (SSSR count). The topological polar surface area (TPSA) is 82.1 Å². The Morgan fingerprint density at radius 1 is 1.04 bits per heavy atom. The molecule has 2 heterocycles. The number of ether oxygens (including phenoxy) is 3. The summed E-state index contributed by atoms with van der Waals surface area (Å²) in [6.45, 7) is 0.817. The van der Waals surface area contributed by atoms with Crippen LogP contribution >= 0.6 is 0 Å². The van der Waals surface area contributed by atoms with Crippen molar-refractivity contribution in [3.63, 3.8) is 0 Å². The number of fused-ring (bicyclic) bond motifs is 1. The molecule has 0 spiro atoms. The van der Waals surface area contributed by atoms with Crippen LogP contribution in [0.4, 0.5) is 0 Å². The molecule has 0 saturated carbocycles. The van der Waals surface area contributed by atoms with E-state index in [1.165, 1.54) is 0 Å². The van der Waals surface area contributed by atoms with Crippen molar-refractivity contribution in [1.82, 2.24) is 4.90 Å². The fourth-order valence-electron chi connectivity index (χ4n) is 3.22. The molecule has 0 unspecified atom stereocenters. The first-order valence-electron chi connectivity index (χ1n) is 9.10. The molecule has 7 nitrogen and oxygen atoms in total. The fourth-order valence-corrected chi connectivity index (χ4v) is 3.22. The average molecular weight is 381 g/mol. The monoisotopic (exact) mass is 381 g/mol. The number of hydrogen-bond donors (Lipinski definition) is 0. The number of hydrogen-bond acceptors (Lipinski definition) is 6. The highest BCUT2D eigenvalue weighted by Crippen LogP contribution is 2.22. The van der Waals surface area contributed by atoms with E-state index in [4.69, 9.17) is 14.2 Å². The minimum Gasteiger partial charge on any atom is -0.491 e. The molecule has 144 valence electrons. The third kappa shape index (κ3) is 3.61. The standard InChI is InChI=1S/C21H19NO6/c23-19-17-5-1-2-6-18(17)20(24)22(19)13-28-21(25)14-7-9-15(10-8-14)27-12-16-4-3-11-26-16/h1-2,5-10,16H,3-4,11-13H2/t16-/m1/s1. The van der Waals surface area contributed by atoms with Gasteiger partial charge in [0.1, 0.15) is 12.4 Å². The van der Waals surface area contributed by atoms with E-state index in [0.29, 0.717) is 29.0 Å². The van der Waals surface area contributed by atoms with Crippen LogP contribution in [0.5, 0.6) is 5.75 Å². The molecular weight excluding hydrogens is 362 g/mol. The lowest BCUT2D eigenvalue weighted by atomic mass is 10.1. The molecule has 28 heavy (non-hydrogen) atoms. The van der Waals surface area contributed by atoms with Gasteiger partial charge in [-0.15, -0.1) is 0 Å². The molecule has 2 aromatic carbocycles. The van der Waals surface area contributed by atoms with Crippen LogP contribution in [0.25, 0.3) is 0 Å². The minimum absolute atomic E-state index is 0.115. The zero-order valence-electron chi connectivity index (χ0n) is 15.1. The number of nitrogens with zero attached hydrogens (tertiary/aromatic N) is 1. The Balaban J connectivity index is 1.31. The molecular formula is C21H19NO6. The first-order chi connectivity index (χ1) is 13.6. The molecule has 1 fully saturated rings. The third-order valence-corrected chi connectivity index (χ3v) is 4.75. The SMILES string of the molecule is O=C(OCN1C(=O)c2ccccc2C1=O)c1ccc(OC[C@H]2CCCO2)cc1. The van der Waals surface area contributed by atoms with Crippen molar-refractivity contribution in [2.45, 2.75) is 18.9 Å². The van der Waals surface area contributed by atoms with Crippen molar-refractivity contribution in [2.24, 2.45) is 0 Å². The van der Waals surface area contributed by atoms with Gasteiger partial charge in [0.2, 0.25) is 0 Å². The summed E-state index contributed by atoms with van der Waals surface area (Å²) in [4.78, 5) is 37.7. The van der Waals surface area contributed by atoms with Crippen molar-refractivity contribution >= 4 is 17.8 Å². The molecule has 0 aromatic heterocycles. The van der Waals surface area contributed by atoms with Gasteiger partial charge in [-0.3, -0.25) is 9.59 Å². The van der Waals surface area contributed by atoms with Crippen LogP contribution in [0.1, 0.15) is 43.9 Å². The van der Waals surface area contributed by atoms with Crippen molar-refractivity contribution in [3.8, 4) is 5.75 Å². The molecule has 2 aromatic rings. The van der Waals surface area contributed by atoms with E-state index in [-0.39, 0.29) is 6.10 Å². The van der Waals surface area contributed by atoms with Crippen molar-refractivity contribution in [2.75, 3.05) is 19.9 Å². The summed E-state index contributed by atoms with van der Waals surface area (Å²) in [5.74, 6) is -0.924. The van der Waals surface area contributed by atoms with E-state index < -0.39 is 24.5 Å². The normalized spacial score (nSPS) is 18.3.